The molecule has 88 valence electrons. The Hall–Kier alpha value is -0.980. The van der Waals surface area contributed by atoms with Crippen LogP contribution in [0.1, 0.15) is 18.5 Å². The summed E-state index contributed by atoms with van der Waals surface area (Å²) in [4.78, 5) is 4.15. The number of sulfonamides is 1. The molecule has 1 aromatic rings. The maximum absolute atomic E-state index is 11.9. The van der Waals surface area contributed by atoms with Crippen molar-refractivity contribution < 1.29 is 8.42 Å². The van der Waals surface area contributed by atoms with Crippen molar-refractivity contribution >= 4 is 10.0 Å². The second-order valence-electron chi connectivity index (χ2n) is 3.95. The van der Waals surface area contributed by atoms with Gasteiger partial charge in [-0.25, -0.2) is 13.1 Å². The average molecular weight is 241 g/mol. The zero-order valence-electron chi connectivity index (χ0n) is 8.89. The van der Waals surface area contributed by atoms with Gasteiger partial charge in [0.1, 0.15) is 4.90 Å². The summed E-state index contributed by atoms with van der Waals surface area (Å²) in [5, 5.41) is 0. The van der Waals surface area contributed by atoms with Gasteiger partial charge in [-0.15, -0.1) is 0 Å². The lowest BCUT2D eigenvalue weighted by Gasteiger charge is -2.08. The number of nitrogens with two attached hydrogens (primary N) is 1. The highest BCUT2D eigenvalue weighted by atomic mass is 32.2. The molecule has 1 fully saturated rings. The molecule has 6 heteroatoms. The highest BCUT2D eigenvalue weighted by molar-refractivity contribution is 7.89. The first-order valence-corrected chi connectivity index (χ1v) is 6.75. The van der Waals surface area contributed by atoms with E-state index in [1.54, 1.807) is 12.3 Å². The third kappa shape index (κ3) is 2.58. The summed E-state index contributed by atoms with van der Waals surface area (Å²) in [5.41, 5.74) is 5.87. The van der Waals surface area contributed by atoms with Crippen molar-refractivity contribution in [1.82, 2.24) is 9.71 Å². The summed E-state index contributed by atoms with van der Waals surface area (Å²) < 4.78 is 26.5. The fourth-order valence-electron chi connectivity index (χ4n) is 1.45. The van der Waals surface area contributed by atoms with Crippen molar-refractivity contribution in [3.63, 3.8) is 0 Å². The standard InChI is InChI=1S/C10H15N3O2S/c11-6-9-10(2-1-5-12-9)16(14,15)13-7-8-3-4-8/h1-2,5,8,13H,3-4,6-7,11H2. The van der Waals surface area contributed by atoms with Crippen LogP contribution >= 0.6 is 0 Å². The third-order valence-electron chi connectivity index (χ3n) is 2.59. The van der Waals surface area contributed by atoms with Crippen LogP contribution in [0, 0.1) is 5.92 Å². The molecule has 1 aliphatic carbocycles. The van der Waals surface area contributed by atoms with Gasteiger partial charge in [-0.2, -0.15) is 0 Å². The molecule has 1 saturated carbocycles. The third-order valence-corrected chi connectivity index (χ3v) is 4.09. The summed E-state index contributed by atoms with van der Waals surface area (Å²) in [6, 6.07) is 3.13. The number of aromatic nitrogens is 1. The molecule has 0 spiro atoms. The van der Waals surface area contributed by atoms with Crippen molar-refractivity contribution in [2.24, 2.45) is 11.7 Å². The quantitative estimate of drug-likeness (QED) is 0.772. The van der Waals surface area contributed by atoms with Crippen LogP contribution in [0.3, 0.4) is 0 Å². The number of nitrogens with one attached hydrogen (secondary N) is 1. The number of rotatable bonds is 5. The Balaban J connectivity index is 2.19. The van der Waals surface area contributed by atoms with E-state index < -0.39 is 10.0 Å². The fourth-order valence-corrected chi connectivity index (χ4v) is 2.76. The monoisotopic (exact) mass is 241 g/mol. The first-order valence-electron chi connectivity index (χ1n) is 5.27. The minimum Gasteiger partial charge on any atom is -0.325 e. The van der Waals surface area contributed by atoms with Crippen LogP contribution in [0.25, 0.3) is 0 Å². The van der Waals surface area contributed by atoms with Gasteiger partial charge in [-0.1, -0.05) is 0 Å². The van der Waals surface area contributed by atoms with Gasteiger partial charge in [0.25, 0.3) is 0 Å². The maximum atomic E-state index is 11.9. The maximum Gasteiger partial charge on any atom is 0.242 e. The van der Waals surface area contributed by atoms with E-state index in [0.29, 0.717) is 18.2 Å². The molecule has 0 radical (unpaired) electrons. The Labute approximate surface area is 95.1 Å². The van der Waals surface area contributed by atoms with Gasteiger partial charge in [0, 0.05) is 19.3 Å². The molecular formula is C10H15N3O2S. The Morgan fingerprint density at radius 3 is 2.88 bits per heavy atom. The Bertz CT molecular complexity index is 469. The fraction of sp³-hybridized carbons (Fsp3) is 0.500. The van der Waals surface area contributed by atoms with Crippen LogP contribution in [-0.4, -0.2) is 19.9 Å². The lowest BCUT2D eigenvalue weighted by molar-refractivity contribution is 0.575. The van der Waals surface area contributed by atoms with Gasteiger partial charge < -0.3 is 5.73 Å². The predicted molar refractivity (Wildman–Crippen MR) is 60.0 cm³/mol. The molecule has 0 bridgehead atoms. The Kier molecular flexibility index (Phi) is 3.22. The first-order chi connectivity index (χ1) is 7.63. The van der Waals surface area contributed by atoms with Crippen LogP contribution < -0.4 is 10.5 Å². The minimum absolute atomic E-state index is 0.126. The zero-order chi connectivity index (χ0) is 11.6. The largest absolute Gasteiger partial charge is 0.325 e. The molecule has 0 aromatic carbocycles. The highest BCUT2D eigenvalue weighted by Gasteiger charge is 2.25. The van der Waals surface area contributed by atoms with E-state index in [1.807, 2.05) is 0 Å². The molecule has 2 rings (SSSR count). The molecule has 0 atom stereocenters. The summed E-state index contributed by atoms with van der Waals surface area (Å²) >= 11 is 0. The molecular weight excluding hydrogens is 226 g/mol. The summed E-state index contributed by atoms with van der Waals surface area (Å²) in [5.74, 6) is 0.507. The normalized spacial score (nSPS) is 16.3. The lowest BCUT2D eigenvalue weighted by Crippen LogP contribution is -2.27. The SMILES string of the molecule is NCc1ncccc1S(=O)(=O)NCC1CC1. The molecule has 5 nitrogen and oxygen atoms in total. The molecule has 1 heterocycles. The van der Waals surface area contributed by atoms with Crippen LogP contribution in [0.15, 0.2) is 23.2 Å². The van der Waals surface area contributed by atoms with Crippen molar-refractivity contribution in [2.45, 2.75) is 24.3 Å². The van der Waals surface area contributed by atoms with E-state index in [2.05, 4.69) is 9.71 Å². The molecule has 1 aromatic heterocycles. The molecule has 0 amide bonds. The Morgan fingerprint density at radius 1 is 1.50 bits per heavy atom. The average Bonchev–Trinajstić information content (AvgIpc) is 3.10. The van der Waals surface area contributed by atoms with E-state index >= 15 is 0 Å². The molecule has 16 heavy (non-hydrogen) atoms. The van der Waals surface area contributed by atoms with Gasteiger partial charge in [0.2, 0.25) is 10.0 Å². The van der Waals surface area contributed by atoms with Crippen LogP contribution in [0.4, 0.5) is 0 Å². The molecule has 1 aliphatic rings. The zero-order valence-corrected chi connectivity index (χ0v) is 9.70. The van der Waals surface area contributed by atoms with Gasteiger partial charge in [-0.05, 0) is 30.9 Å². The van der Waals surface area contributed by atoms with E-state index in [-0.39, 0.29) is 11.4 Å². The van der Waals surface area contributed by atoms with Crippen molar-refractivity contribution in [1.29, 1.82) is 0 Å². The number of pyridine rings is 1. The van der Waals surface area contributed by atoms with Gasteiger partial charge >= 0.3 is 0 Å². The molecule has 3 N–H and O–H groups in total. The van der Waals surface area contributed by atoms with Gasteiger partial charge in [0.15, 0.2) is 0 Å². The number of hydrogen-bond acceptors (Lipinski definition) is 4. The predicted octanol–water partition coefficient (Wildman–Crippen LogP) is 0.229. The summed E-state index contributed by atoms with van der Waals surface area (Å²) in [7, 11) is -3.45. The molecule has 0 aliphatic heterocycles. The number of hydrogen-bond donors (Lipinski definition) is 2. The lowest BCUT2D eigenvalue weighted by atomic mass is 10.3. The smallest absolute Gasteiger partial charge is 0.242 e. The Morgan fingerprint density at radius 2 is 2.25 bits per heavy atom. The van der Waals surface area contributed by atoms with Crippen molar-refractivity contribution in [3.05, 3.63) is 24.0 Å². The molecule has 0 unspecified atom stereocenters. The highest BCUT2D eigenvalue weighted by Crippen LogP contribution is 2.28. The van der Waals surface area contributed by atoms with Gasteiger partial charge in [-0.3, -0.25) is 4.98 Å². The number of nitrogens with zero attached hydrogens (tertiary/aromatic N) is 1. The topological polar surface area (TPSA) is 85.1 Å². The van der Waals surface area contributed by atoms with E-state index in [0.717, 1.165) is 12.8 Å². The second-order valence-corrected chi connectivity index (χ2v) is 5.68. The van der Waals surface area contributed by atoms with Crippen molar-refractivity contribution in [3.8, 4) is 0 Å². The second kappa shape index (κ2) is 4.48. The van der Waals surface area contributed by atoms with Crippen molar-refractivity contribution in [2.75, 3.05) is 6.54 Å². The minimum atomic E-state index is -3.45. The summed E-state index contributed by atoms with van der Waals surface area (Å²) in [6.45, 7) is 0.641. The van der Waals surface area contributed by atoms with Crippen LogP contribution in [0.2, 0.25) is 0 Å². The van der Waals surface area contributed by atoms with Crippen LogP contribution in [0.5, 0.6) is 0 Å². The van der Waals surface area contributed by atoms with E-state index in [4.69, 9.17) is 5.73 Å². The molecule has 0 saturated heterocycles. The summed E-state index contributed by atoms with van der Waals surface area (Å²) in [6.07, 6.45) is 3.76. The van der Waals surface area contributed by atoms with E-state index in [9.17, 15) is 8.42 Å². The van der Waals surface area contributed by atoms with Gasteiger partial charge in [0.05, 0.1) is 5.69 Å². The first kappa shape index (κ1) is 11.5. The van der Waals surface area contributed by atoms with Crippen LogP contribution in [-0.2, 0) is 16.6 Å². The van der Waals surface area contributed by atoms with E-state index in [1.165, 1.54) is 6.07 Å².